The molecule has 3 rings (SSSR count). The molecule has 0 saturated carbocycles. The first kappa shape index (κ1) is 14.9. The lowest BCUT2D eigenvalue weighted by Crippen LogP contribution is -2.03. The molecule has 0 bridgehead atoms. The van der Waals surface area contributed by atoms with Crippen LogP contribution in [0.4, 0.5) is 0 Å². The third-order valence-electron chi connectivity index (χ3n) is 3.42. The maximum absolute atomic E-state index is 6.30. The third kappa shape index (κ3) is 2.70. The number of aryl methyl sites for hydroxylation is 2. The zero-order chi connectivity index (χ0) is 15.0. The van der Waals surface area contributed by atoms with Crippen LogP contribution < -0.4 is 0 Å². The second-order valence-corrected chi connectivity index (χ2v) is 6.48. The average Bonchev–Trinajstić information content (AvgIpc) is 2.81. The van der Waals surface area contributed by atoms with Crippen LogP contribution in [0, 0.1) is 6.92 Å². The fourth-order valence-corrected chi connectivity index (χ4v) is 3.37. The van der Waals surface area contributed by atoms with E-state index in [-0.39, 0.29) is 0 Å². The van der Waals surface area contributed by atoms with Gasteiger partial charge in [-0.3, -0.25) is 4.57 Å². The molecule has 21 heavy (non-hydrogen) atoms. The minimum Gasteiger partial charge on any atom is -0.295 e. The van der Waals surface area contributed by atoms with Gasteiger partial charge in [-0.25, -0.2) is 4.98 Å². The molecule has 0 N–H and O–H groups in total. The van der Waals surface area contributed by atoms with Crippen molar-refractivity contribution in [1.82, 2.24) is 9.55 Å². The van der Waals surface area contributed by atoms with Crippen molar-refractivity contribution in [3.8, 4) is 5.69 Å². The number of benzene rings is 2. The van der Waals surface area contributed by atoms with Crippen LogP contribution in [0.1, 0.15) is 11.4 Å². The number of nitrogens with zero attached hydrogens (tertiary/aromatic N) is 2. The van der Waals surface area contributed by atoms with E-state index in [1.165, 1.54) is 0 Å². The fraction of sp³-hybridized carbons (Fsp3) is 0.188. The van der Waals surface area contributed by atoms with Crippen LogP contribution >= 0.6 is 39.1 Å². The molecule has 108 valence electrons. The van der Waals surface area contributed by atoms with E-state index in [1.54, 1.807) is 0 Å². The normalized spacial score (nSPS) is 11.2. The Morgan fingerprint density at radius 3 is 2.76 bits per heavy atom. The molecule has 2 aromatic carbocycles. The lowest BCUT2D eigenvalue weighted by atomic mass is 10.2. The van der Waals surface area contributed by atoms with Crippen molar-refractivity contribution in [2.45, 2.75) is 13.3 Å². The SMILES string of the molecule is Cc1cc(Br)c(-n2c(CCCl)nc3ccccc32)cc1Cl. The number of hydrogen-bond acceptors (Lipinski definition) is 1. The first-order valence-corrected chi connectivity index (χ1v) is 8.30. The van der Waals surface area contributed by atoms with E-state index in [2.05, 4.69) is 31.5 Å². The van der Waals surface area contributed by atoms with Gasteiger partial charge in [-0.15, -0.1) is 11.6 Å². The molecule has 0 amide bonds. The van der Waals surface area contributed by atoms with Crippen LogP contribution in [0.3, 0.4) is 0 Å². The summed E-state index contributed by atoms with van der Waals surface area (Å²) in [5, 5.41) is 0.739. The van der Waals surface area contributed by atoms with E-state index in [1.807, 2.05) is 37.3 Å². The Morgan fingerprint density at radius 1 is 1.24 bits per heavy atom. The summed E-state index contributed by atoms with van der Waals surface area (Å²) in [5.41, 5.74) is 4.04. The van der Waals surface area contributed by atoms with Gasteiger partial charge in [0.1, 0.15) is 5.82 Å². The quantitative estimate of drug-likeness (QED) is 0.543. The summed E-state index contributed by atoms with van der Waals surface area (Å²) in [4.78, 5) is 4.69. The predicted molar refractivity (Wildman–Crippen MR) is 92.9 cm³/mol. The molecule has 1 heterocycles. The van der Waals surface area contributed by atoms with Gasteiger partial charge in [0.15, 0.2) is 0 Å². The molecule has 2 nitrogen and oxygen atoms in total. The zero-order valence-corrected chi connectivity index (χ0v) is 14.5. The van der Waals surface area contributed by atoms with Crippen LogP contribution in [0.2, 0.25) is 5.02 Å². The number of hydrogen-bond donors (Lipinski definition) is 0. The number of fused-ring (bicyclic) bond motifs is 1. The van der Waals surface area contributed by atoms with Crippen molar-refractivity contribution in [2.24, 2.45) is 0 Å². The van der Waals surface area contributed by atoms with E-state index < -0.39 is 0 Å². The summed E-state index contributed by atoms with van der Waals surface area (Å²) in [6, 6.07) is 12.0. The molecule has 0 radical (unpaired) electrons. The summed E-state index contributed by atoms with van der Waals surface area (Å²) in [7, 11) is 0. The average molecular weight is 384 g/mol. The first-order valence-electron chi connectivity index (χ1n) is 6.60. The molecule has 1 aromatic heterocycles. The molecule has 0 saturated heterocycles. The Balaban J connectivity index is 2.32. The fourth-order valence-electron chi connectivity index (χ4n) is 2.40. The molecule has 0 spiro atoms. The number of rotatable bonds is 3. The van der Waals surface area contributed by atoms with Crippen LogP contribution in [0.25, 0.3) is 16.7 Å². The Kier molecular flexibility index (Phi) is 4.25. The topological polar surface area (TPSA) is 17.8 Å². The Morgan fingerprint density at radius 2 is 2.00 bits per heavy atom. The van der Waals surface area contributed by atoms with Crippen LogP contribution in [0.5, 0.6) is 0 Å². The lowest BCUT2D eigenvalue weighted by molar-refractivity contribution is 0.909. The minimum absolute atomic E-state index is 0.528. The number of para-hydroxylation sites is 2. The molecular formula is C16H13BrCl2N2. The van der Waals surface area contributed by atoms with Crippen LogP contribution in [-0.4, -0.2) is 15.4 Å². The third-order valence-corrected chi connectivity index (χ3v) is 4.65. The summed E-state index contributed by atoms with van der Waals surface area (Å²) in [6.45, 7) is 1.99. The number of aromatic nitrogens is 2. The van der Waals surface area contributed by atoms with Gasteiger partial charge < -0.3 is 0 Å². The van der Waals surface area contributed by atoms with Gasteiger partial charge in [0.25, 0.3) is 0 Å². The standard InChI is InChI=1S/C16H13BrCl2N2/c1-10-8-11(17)15(9-12(10)19)21-14-5-3-2-4-13(14)20-16(21)6-7-18/h2-5,8-9H,6-7H2,1H3. The van der Waals surface area contributed by atoms with E-state index in [9.17, 15) is 0 Å². The van der Waals surface area contributed by atoms with Crippen molar-refractivity contribution in [3.63, 3.8) is 0 Å². The second kappa shape index (κ2) is 5.99. The molecule has 0 aliphatic rings. The Hall–Kier alpha value is -1.03. The first-order chi connectivity index (χ1) is 10.1. The second-order valence-electron chi connectivity index (χ2n) is 4.84. The van der Waals surface area contributed by atoms with E-state index in [0.717, 1.165) is 37.6 Å². The molecular weight excluding hydrogens is 371 g/mol. The van der Waals surface area contributed by atoms with Gasteiger partial charge in [0, 0.05) is 21.8 Å². The number of alkyl halides is 1. The highest BCUT2D eigenvalue weighted by Crippen LogP contribution is 2.31. The van der Waals surface area contributed by atoms with Crippen LogP contribution in [0.15, 0.2) is 40.9 Å². The van der Waals surface area contributed by atoms with Gasteiger partial charge in [0.2, 0.25) is 0 Å². The van der Waals surface area contributed by atoms with Crippen molar-refractivity contribution in [2.75, 3.05) is 5.88 Å². The monoisotopic (exact) mass is 382 g/mol. The summed E-state index contributed by atoms with van der Waals surface area (Å²) in [6.07, 6.45) is 0.703. The highest BCUT2D eigenvalue weighted by atomic mass is 79.9. The van der Waals surface area contributed by atoms with E-state index >= 15 is 0 Å². The summed E-state index contributed by atoms with van der Waals surface area (Å²) < 4.78 is 3.11. The Labute approximate surface area is 141 Å². The van der Waals surface area contributed by atoms with Crippen molar-refractivity contribution >= 4 is 50.2 Å². The maximum atomic E-state index is 6.30. The molecule has 5 heteroatoms. The van der Waals surface area contributed by atoms with Crippen molar-refractivity contribution < 1.29 is 0 Å². The minimum atomic E-state index is 0.528. The lowest BCUT2D eigenvalue weighted by Gasteiger charge is -2.12. The highest BCUT2D eigenvalue weighted by molar-refractivity contribution is 9.10. The van der Waals surface area contributed by atoms with E-state index in [4.69, 9.17) is 23.2 Å². The largest absolute Gasteiger partial charge is 0.295 e. The van der Waals surface area contributed by atoms with Crippen molar-refractivity contribution in [3.05, 3.63) is 57.3 Å². The Bertz CT molecular complexity index is 811. The molecule has 3 aromatic rings. The molecule has 0 unspecified atom stereocenters. The summed E-state index contributed by atoms with van der Waals surface area (Å²) >= 11 is 15.9. The summed E-state index contributed by atoms with van der Waals surface area (Å²) in [5.74, 6) is 1.47. The molecule has 0 aliphatic carbocycles. The van der Waals surface area contributed by atoms with Gasteiger partial charge in [-0.1, -0.05) is 23.7 Å². The zero-order valence-electron chi connectivity index (χ0n) is 11.4. The number of imidazole rings is 1. The van der Waals surface area contributed by atoms with Crippen molar-refractivity contribution in [1.29, 1.82) is 0 Å². The van der Waals surface area contributed by atoms with Gasteiger partial charge in [-0.2, -0.15) is 0 Å². The molecule has 0 fully saturated rings. The van der Waals surface area contributed by atoms with Gasteiger partial charge in [0.05, 0.1) is 16.7 Å². The predicted octanol–water partition coefficient (Wildman–Crippen LogP) is 5.53. The maximum Gasteiger partial charge on any atom is 0.115 e. The highest BCUT2D eigenvalue weighted by Gasteiger charge is 2.15. The number of halogens is 3. The van der Waals surface area contributed by atoms with E-state index in [0.29, 0.717) is 12.3 Å². The van der Waals surface area contributed by atoms with Crippen LogP contribution in [-0.2, 0) is 6.42 Å². The van der Waals surface area contributed by atoms with Gasteiger partial charge in [-0.05, 0) is 52.7 Å². The van der Waals surface area contributed by atoms with Gasteiger partial charge >= 0.3 is 0 Å². The molecule has 0 aliphatic heterocycles. The smallest absolute Gasteiger partial charge is 0.115 e. The molecule has 0 atom stereocenters.